The van der Waals surface area contributed by atoms with Crippen molar-refractivity contribution in [3.05, 3.63) is 48.0 Å². The molecule has 1 N–H and O–H groups in total. The lowest BCUT2D eigenvalue weighted by molar-refractivity contribution is -0.115. The number of rotatable bonds is 7. The van der Waals surface area contributed by atoms with Crippen molar-refractivity contribution < 1.29 is 9.32 Å². The van der Waals surface area contributed by atoms with Crippen LogP contribution in [0.2, 0.25) is 0 Å². The summed E-state index contributed by atoms with van der Waals surface area (Å²) in [6.07, 6.45) is 3.74. The number of nitrogens with one attached hydrogen (secondary N) is 1. The fraction of sp³-hybridized carbons (Fsp3) is 0.429. The van der Waals surface area contributed by atoms with Crippen LogP contribution in [0.25, 0.3) is 5.69 Å². The van der Waals surface area contributed by atoms with Crippen molar-refractivity contribution >= 4 is 23.5 Å². The van der Waals surface area contributed by atoms with Crippen molar-refractivity contribution in [3.63, 3.8) is 0 Å². The molecule has 158 valence electrons. The van der Waals surface area contributed by atoms with Gasteiger partial charge in [0.1, 0.15) is 5.76 Å². The van der Waals surface area contributed by atoms with Crippen LogP contribution < -0.4 is 5.32 Å². The van der Waals surface area contributed by atoms with Crippen LogP contribution in [0.1, 0.15) is 37.8 Å². The van der Waals surface area contributed by atoms with E-state index in [1.54, 1.807) is 13.0 Å². The molecule has 2 aromatic heterocycles. The van der Waals surface area contributed by atoms with Gasteiger partial charge < -0.3 is 9.84 Å². The van der Waals surface area contributed by atoms with E-state index in [2.05, 4.69) is 30.1 Å². The zero-order valence-corrected chi connectivity index (χ0v) is 18.1. The van der Waals surface area contributed by atoms with Gasteiger partial charge in [0, 0.05) is 11.8 Å². The third-order valence-corrected chi connectivity index (χ3v) is 6.10. The first kappa shape index (κ1) is 20.6. The van der Waals surface area contributed by atoms with E-state index in [4.69, 9.17) is 4.52 Å². The van der Waals surface area contributed by atoms with E-state index in [1.165, 1.54) is 31.0 Å². The minimum atomic E-state index is -0.378. The smallest absolute Gasteiger partial charge is 0.238 e. The van der Waals surface area contributed by atoms with Gasteiger partial charge >= 0.3 is 0 Å². The average Bonchev–Trinajstić information content (AvgIpc) is 3.35. The molecule has 3 aromatic rings. The molecule has 1 amide bonds. The van der Waals surface area contributed by atoms with Crippen LogP contribution in [-0.4, -0.2) is 49.1 Å². The summed E-state index contributed by atoms with van der Waals surface area (Å²) in [6.45, 7) is 6.55. The second-order valence-electron chi connectivity index (χ2n) is 7.48. The van der Waals surface area contributed by atoms with Crippen molar-refractivity contribution in [3.8, 4) is 5.69 Å². The molecule has 0 spiro atoms. The van der Waals surface area contributed by atoms with Crippen molar-refractivity contribution in [1.29, 1.82) is 0 Å². The number of para-hydroxylation sites is 1. The maximum atomic E-state index is 12.6. The normalized spacial score (nSPS) is 15.8. The lowest BCUT2D eigenvalue weighted by Crippen LogP contribution is -2.30. The van der Waals surface area contributed by atoms with Crippen molar-refractivity contribution in [2.75, 3.05) is 18.4 Å². The molecule has 0 aliphatic carbocycles. The summed E-state index contributed by atoms with van der Waals surface area (Å²) in [5.74, 6) is 1.80. The van der Waals surface area contributed by atoms with Gasteiger partial charge in [-0.05, 0) is 51.9 Å². The Labute approximate surface area is 180 Å². The van der Waals surface area contributed by atoms with Gasteiger partial charge in [0.2, 0.25) is 5.91 Å². The number of likely N-dealkylation sites (tertiary alicyclic amines) is 1. The quantitative estimate of drug-likeness (QED) is 0.577. The predicted molar refractivity (Wildman–Crippen MR) is 116 cm³/mol. The Hall–Kier alpha value is -2.65. The van der Waals surface area contributed by atoms with E-state index in [9.17, 15) is 4.79 Å². The van der Waals surface area contributed by atoms with Crippen LogP contribution >= 0.6 is 11.8 Å². The highest BCUT2D eigenvalue weighted by Crippen LogP contribution is 2.27. The van der Waals surface area contributed by atoms with Crippen LogP contribution in [0.4, 0.5) is 5.82 Å². The van der Waals surface area contributed by atoms with Gasteiger partial charge in [0.05, 0.1) is 11.8 Å². The van der Waals surface area contributed by atoms with Gasteiger partial charge in [0.15, 0.2) is 16.8 Å². The summed E-state index contributed by atoms with van der Waals surface area (Å²) in [5, 5.41) is 15.8. The third kappa shape index (κ3) is 4.91. The Morgan fingerprint density at radius 2 is 1.97 bits per heavy atom. The molecule has 0 bridgehead atoms. The topological polar surface area (TPSA) is 89.1 Å². The highest BCUT2D eigenvalue weighted by Gasteiger charge is 2.23. The minimum Gasteiger partial charge on any atom is -0.360 e. The molecule has 0 saturated carbocycles. The average molecular weight is 427 g/mol. The number of carbonyl (C=O) groups is 1. The monoisotopic (exact) mass is 426 g/mol. The molecule has 1 fully saturated rings. The van der Waals surface area contributed by atoms with Gasteiger partial charge in [0.25, 0.3) is 0 Å². The Kier molecular flexibility index (Phi) is 6.49. The molecule has 1 atom stereocenters. The molecule has 9 heteroatoms. The van der Waals surface area contributed by atoms with E-state index in [-0.39, 0.29) is 11.2 Å². The van der Waals surface area contributed by atoms with Crippen LogP contribution in [0.3, 0.4) is 0 Å². The SMILES string of the molecule is Cc1cc(NC(=O)[C@H](C)Sc2nnc(CN3CCCCC3)n2-c2ccccc2)no1. The van der Waals surface area contributed by atoms with Crippen LogP contribution in [0.15, 0.2) is 46.1 Å². The molecular formula is C21H26N6O2S. The highest BCUT2D eigenvalue weighted by atomic mass is 32.2. The summed E-state index contributed by atoms with van der Waals surface area (Å²) in [4.78, 5) is 15.0. The number of aromatic nitrogens is 4. The molecule has 1 aromatic carbocycles. The first-order chi connectivity index (χ1) is 14.6. The number of aryl methyl sites for hydroxylation is 1. The number of hydrogen-bond donors (Lipinski definition) is 1. The maximum absolute atomic E-state index is 12.6. The molecule has 0 unspecified atom stereocenters. The molecule has 30 heavy (non-hydrogen) atoms. The Balaban J connectivity index is 1.53. The van der Waals surface area contributed by atoms with Gasteiger partial charge in [-0.1, -0.05) is 41.5 Å². The Morgan fingerprint density at radius 1 is 1.20 bits per heavy atom. The fourth-order valence-electron chi connectivity index (χ4n) is 3.50. The summed E-state index contributed by atoms with van der Waals surface area (Å²) in [6, 6.07) is 11.8. The number of hydrogen-bond acceptors (Lipinski definition) is 7. The molecule has 4 rings (SSSR count). The van der Waals surface area contributed by atoms with Crippen molar-refractivity contribution in [2.24, 2.45) is 0 Å². The number of nitrogens with zero attached hydrogens (tertiary/aromatic N) is 5. The van der Waals surface area contributed by atoms with Crippen LogP contribution in [0, 0.1) is 6.92 Å². The maximum Gasteiger partial charge on any atom is 0.238 e. The lowest BCUT2D eigenvalue weighted by atomic mass is 10.1. The predicted octanol–water partition coefficient (Wildman–Crippen LogP) is 3.67. The number of thioether (sulfide) groups is 1. The summed E-state index contributed by atoms with van der Waals surface area (Å²) in [5.41, 5.74) is 0.997. The Morgan fingerprint density at radius 3 is 2.67 bits per heavy atom. The number of amides is 1. The van der Waals surface area contributed by atoms with Gasteiger partial charge in [-0.2, -0.15) is 0 Å². The van der Waals surface area contributed by atoms with Crippen LogP contribution in [-0.2, 0) is 11.3 Å². The number of carbonyl (C=O) groups excluding carboxylic acids is 1. The zero-order chi connectivity index (χ0) is 20.9. The second kappa shape index (κ2) is 9.44. The molecule has 0 radical (unpaired) electrons. The van der Waals surface area contributed by atoms with E-state index in [0.717, 1.165) is 31.1 Å². The lowest BCUT2D eigenvalue weighted by Gasteiger charge is -2.26. The van der Waals surface area contributed by atoms with Gasteiger partial charge in [-0.3, -0.25) is 14.3 Å². The molecule has 8 nitrogen and oxygen atoms in total. The minimum absolute atomic E-state index is 0.159. The molecule has 1 aliphatic heterocycles. The van der Waals surface area contributed by atoms with E-state index < -0.39 is 0 Å². The van der Waals surface area contributed by atoms with E-state index >= 15 is 0 Å². The first-order valence-electron chi connectivity index (χ1n) is 10.2. The third-order valence-electron chi connectivity index (χ3n) is 5.06. The van der Waals surface area contributed by atoms with E-state index in [1.807, 2.05) is 37.3 Å². The molecule has 1 aliphatic rings. The molecule has 3 heterocycles. The summed E-state index contributed by atoms with van der Waals surface area (Å²) < 4.78 is 7.07. The largest absolute Gasteiger partial charge is 0.360 e. The van der Waals surface area contributed by atoms with Crippen molar-refractivity contribution in [2.45, 2.75) is 50.1 Å². The highest BCUT2D eigenvalue weighted by molar-refractivity contribution is 8.00. The summed E-state index contributed by atoms with van der Waals surface area (Å²) in [7, 11) is 0. The molecular weight excluding hydrogens is 400 g/mol. The number of benzene rings is 1. The second-order valence-corrected chi connectivity index (χ2v) is 8.79. The zero-order valence-electron chi connectivity index (χ0n) is 17.2. The van der Waals surface area contributed by atoms with Gasteiger partial charge in [-0.25, -0.2) is 0 Å². The molecule has 1 saturated heterocycles. The standard InChI is InChI=1S/C21H26N6O2S/c1-15-13-18(25-29-15)22-20(28)16(2)30-21-24-23-19(14-26-11-7-4-8-12-26)27(21)17-9-5-3-6-10-17/h3,5-6,9-10,13,16H,4,7-8,11-12,14H2,1-2H3,(H,22,25,28)/t16-/m0/s1. The number of anilines is 1. The summed E-state index contributed by atoms with van der Waals surface area (Å²) >= 11 is 1.38. The first-order valence-corrected chi connectivity index (χ1v) is 11.1. The van der Waals surface area contributed by atoms with E-state index in [0.29, 0.717) is 16.7 Å². The number of piperidine rings is 1. The fourth-order valence-corrected chi connectivity index (χ4v) is 4.38. The Bertz CT molecular complexity index is 981. The van der Waals surface area contributed by atoms with Gasteiger partial charge in [-0.15, -0.1) is 10.2 Å². The van der Waals surface area contributed by atoms with Crippen LogP contribution in [0.5, 0.6) is 0 Å². The van der Waals surface area contributed by atoms with Crippen molar-refractivity contribution in [1.82, 2.24) is 24.8 Å².